The molecular formula is C24H27ClN2O2. The van der Waals surface area contributed by atoms with Crippen molar-refractivity contribution in [3.8, 4) is 5.75 Å². The molecule has 29 heavy (non-hydrogen) atoms. The SMILES string of the molecule is COc1cccc(CN2C[C@@H]3CN(C(=O)[C@@H]4C[C@@H]4c4ccc(Cl)cc4)CC[C@@H]32)c1. The monoisotopic (exact) mass is 410 g/mol. The van der Waals surface area contributed by atoms with Gasteiger partial charge in [0.2, 0.25) is 5.91 Å². The van der Waals surface area contributed by atoms with Crippen molar-refractivity contribution in [3.63, 3.8) is 0 Å². The van der Waals surface area contributed by atoms with Gasteiger partial charge in [-0.3, -0.25) is 9.69 Å². The van der Waals surface area contributed by atoms with E-state index in [1.54, 1.807) is 7.11 Å². The summed E-state index contributed by atoms with van der Waals surface area (Å²) in [7, 11) is 1.71. The predicted molar refractivity (Wildman–Crippen MR) is 114 cm³/mol. The number of piperidine rings is 1. The van der Waals surface area contributed by atoms with E-state index >= 15 is 0 Å². The third-order valence-electron chi connectivity index (χ3n) is 6.87. The fourth-order valence-corrected chi connectivity index (χ4v) is 5.27. The molecule has 2 aliphatic heterocycles. The van der Waals surface area contributed by atoms with Gasteiger partial charge in [-0.15, -0.1) is 0 Å². The molecule has 0 radical (unpaired) electrons. The Hall–Kier alpha value is -2.04. The molecule has 0 spiro atoms. The number of benzene rings is 2. The zero-order valence-electron chi connectivity index (χ0n) is 16.8. The first-order chi connectivity index (χ1) is 14.1. The van der Waals surface area contributed by atoms with Crippen molar-refractivity contribution in [2.45, 2.75) is 31.3 Å². The van der Waals surface area contributed by atoms with Gasteiger partial charge in [0.25, 0.3) is 0 Å². The smallest absolute Gasteiger partial charge is 0.226 e. The van der Waals surface area contributed by atoms with Gasteiger partial charge >= 0.3 is 0 Å². The number of hydrogen-bond donors (Lipinski definition) is 0. The molecule has 3 aliphatic rings. The summed E-state index contributed by atoms with van der Waals surface area (Å²) in [6, 6.07) is 16.9. The van der Waals surface area contributed by atoms with Crippen LogP contribution >= 0.6 is 11.6 Å². The van der Waals surface area contributed by atoms with Crippen LogP contribution in [0.25, 0.3) is 0 Å². The second kappa shape index (κ2) is 7.66. The van der Waals surface area contributed by atoms with Crippen LogP contribution < -0.4 is 4.74 Å². The van der Waals surface area contributed by atoms with Gasteiger partial charge in [0.1, 0.15) is 5.75 Å². The highest BCUT2D eigenvalue weighted by Gasteiger charge is 2.49. The lowest BCUT2D eigenvalue weighted by atomic mass is 9.82. The summed E-state index contributed by atoms with van der Waals surface area (Å²) >= 11 is 5.99. The first-order valence-corrected chi connectivity index (χ1v) is 10.9. The van der Waals surface area contributed by atoms with E-state index < -0.39 is 0 Å². The molecule has 2 aromatic rings. The van der Waals surface area contributed by atoms with E-state index in [9.17, 15) is 4.79 Å². The molecule has 2 saturated heterocycles. The van der Waals surface area contributed by atoms with Crippen LogP contribution in [0.3, 0.4) is 0 Å². The van der Waals surface area contributed by atoms with Gasteiger partial charge in [0.05, 0.1) is 7.11 Å². The van der Waals surface area contributed by atoms with Gasteiger partial charge in [0, 0.05) is 49.1 Å². The fraction of sp³-hybridized carbons (Fsp3) is 0.458. The van der Waals surface area contributed by atoms with Gasteiger partial charge < -0.3 is 9.64 Å². The molecule has 152 valence electrons. The maximum Gasteiger partial charge on any atom is 0.226 e. The van der Waals surface area contributed by atoms with Crippen LogP contribution in [0, 0.1) is 11.8 Å². The maximum atomic E-state index is 13.0. The molecule has 5 rings (SSSR count). The van der Waals surface area contributed by atoms with E-state index in [1.807, 2.05) is 18.2 Å². The zero-order valence-corrected chi connectivity index (χ0v) is 17.5. The van der Waals surface area contributed by atoms with Crippen molar-refractivity contribution >= 4 is 17.5 Å². The van der Waals surface area contributed by atoms with Crippen LogP contribution in [0.15, 0.2) is 48.5 Å². The molecule has 0 N–H and O–H groups in total. The number of hydrogen-bond acceptors (Lipinski definition) is 3. The Morgan fingerprint density at radius 2 is 2.00 bits per heavy atom. The number of rotatable bonds is 5. The van der Waals surface area contributed by atoms with Gasteiger partial charge in [0.15, 0.2) is 0 Å². The normalized spacial score (nSPS) is 28.4. The van der Waals surface area contributed by atoms with E-state index in [0.717, 1.165) is 49.8 Å². The molecule has 1 saturated carbocycles. The molecule has 1 aliphatic carbocycles. The van der Waals surface area contributed by atoms with Crippen LogP contribution in [0.5, 0.6) is 5.75 Å². The molecule has 0 bridgehead atoms. The lowest BCUT2D eigenvalue weighted by Crippen LogP contribution is -2.63. The summed E-state index contributed by atoms with van der Waals surface area (Å²) < 4.78 is 5.34. The Morgan fingerprint density at radius 1 is 1.17 bits per heavy atom. The molecule has 0 unspecified atom stereocenters. The van der Waals surface area contributed by atoms with E-state index in [-0.39, 0.29) is 5.92 Å². The van der Waals surface area contributed by atoms with Crippen LogP contribution in [0.2, 0.25) is 5.02 Å². The summed E-state index contributed by atoms with van der Waals surface area (Å²) in [5, 5.41) is 0.753. The first kappa shape index (κ1) is 19.0. The van der Waals surface area contributed by atoms with E-state index in [1.165, 1.54) is 11.1 Å². The number of amides is 1. The highest BCUT2D eigenvalue weighted by Crippen LogP contribution is 2.49. The molecule has 2 aromatic carbocycles. The third-order valence-corrected chi connectivity index (χ3v) is 7.12. The lowest BCUT2D eigenvalue weighted by molar-refractivity contribution is -0.139. The number of fused-ring (bicyclic) bond motifs is 1. The summed E-state index contributed by atoms with van der Waals surface area (Å²) in [5.41, 5.74) is 2.54. The molecule has 4 nitrogen and oxygen atoms in total. The van der Waals surface area contributed by atoms with Crippen LogP contribution in [-0.2, 0) is 11.3 Å². The standard InChI is InChI=1S/C24H27ClN2O2/c1-29-20-4-2-3-16(11-20)13-27-15-18-14-26(10-9-23(18)27)24(28)22-12-21(22)17-5-7-19(25)8-6-17/h2-8,11,18,21-23H,9-10,12-15H2,1H3/t18-,21+,22+,23-/m0/s1. The number of carbonyl (C=O) groups is 1. The van der Waals surface area contributed by atoms with Gasteiger partial charge in [-0.05, 0) is 54.2 Å². The van der Waals surface area contributed by atoms with Crippen LogP contribution in [-0.4, -0.2) is 48.5 Å². The first-order valence-electron chi connectivity index (χ1n) is 10.5. The van der Waals surface area contributed by atoms with Crippen molar-refractivity contribution in [2.75, 3.05) is 26.7 Å². The van der Waals surface area contributed by atoms with Crippen molar-refractivity contribution < 1.29 is 9.53 Å². The van der Waals surface area contributed by atoms with Gasteiger partial charge in [-0.1, -0.05) is 35.9 Å². The second-order valence-electron chi connectivity index (χ2n) is 8.68. The van der Waals surface area contributed by atoms with Crippen LogP contribution in [0.1, 0.15) is 29.9 Å². The van der Waals surface area contributed by atoms with Gasteiger partial charge in [-0.25, -0.2) is 0 Å². The van der Waals surface area contributed by atoms with Crippen molar-refractivity contribution in [1.82, 2.24) is 9.80 Å². The Balaban J connectivity index is 1.14. The van der Waals surface area contributed by atoms with Crippen LogP contribution in [0.4, 0.5) is 0 Å². The quantitative estimate of drug-likeness (QED) is 0.741. The molecule has 3 fully saturated rings. The highest BCUT2D eigenvalue weighted by molar-refractivity contribution is 6.30. The van der Waals surface area contributed by atoms with Crippen molar-refractivity contribution in [3.05, 3.63) is 64.7 Å². The fourth-order valence-electron chi connectivity index (χ4n) is 5.15. The number of ether oxygens (including phenoxy) is 1. The molecule has 0 aromatic heterocycles. The lowest BCUT2D eigenvalue weighted by Gasteiger charge is -2.53. The van der Waals surface area contributed by atoms with E-state index in [0.29, 0.717) is 23.8 Å². The molecule has 2 heterocycles. The second-order valence-corrected chi connectivity index (χ2v) is 9.12. The number of carbonyl (C=O) groups excluding carboxylic acids is 1. The highest BCUT2D eigenvalue weighted by atomic mass is 35.5. The Bertz CT molecular complexity index is 900. The maximum absolute atomic E-state index is 13.0. The Labute approximate surface area is 177 Å². The Kier molecular flexibility index (Phi) is 5.00. The molecule has 1 amide bonds. The topological polar surface area (TPSA) is 32.8 Å². The zero-order chi connectivity index (χ0) is 20.0. The largest absolute Gasteiger partial charge is 0.497 e. The number of halogens is 1. The summed E-state index contributed by atoms with van der Waals surface area (Å²) in [6.45, 7) is 3.85. The average molecular weight is 411 g/mol. The minimum absolute atomic E-state index is 0.167. The molecular weight excluding hydrogens is 384 g/mol. The van der Waals surface area contributed by atoms with Crippen molar-refractivity contribution in [2.24, 2.45) is 11.8 Å². The summed E-state index contributed by atoms with van der Waals surface area (Å²) in [4.78, 5) is 17.7. The Morgan fingerprint density at radius 3 is 2.76 bits per heavy atom. The predicted octanol–water partition coefficient (Wildman–Crippen LogP) is 4.19. The van der Waals surface area contributed by atoms with E-state index in [4.69, 9.17) is 16.3 Å². The summed E-state index contributed by atoms with van der Waals surface area (Å²) in [5.74, 6) is 2.43. The summed E-state index contributed by atoms with van der Waals surface area (Å²) in [6.07, 6.45) is 2.06. The third kappa shape index (κ3) is 3.76. The minimum Gasteiger partial charge on any atom is -0.497 e. The minimum atomic E-state index is 0.167. The number of likely N-dealkylation sites (tertiary alicyclic amines) is 2. The number of nitrogens with zero attached hydrogens (tertiary/aromatic N) is 2. The molecule has 4 atom stereocenters. The number of methoxy groups -OCH3 is 1. The average Bonchev–Trinajstić information content (AvgIpc) is 3.53. The van der Waals surface area contributed by atoms with E-state index in [2.05, 4.69) is 40.1 Å². The molecule has 5 heteroatoms. The van der Waals surface area contributed by atoms with Gasteiger partial charge in [-0.2, -0.15) is 0 Å². The van der Waals surface area contributed by atoms with Crippen molar-refractivity contribution in [1.29, 1.82) is 0 Å².